The van der Waals surface area contributed by atoms with Crippen LogP contribution in [0, 0.1) is 0 Å². The fourth-order valence-electron chi connectivity index (χ4n) is 1.94. The maximum Gasteiger partial charge on any atom is 0.258 e. The summed E-state index contributed by atoms with van der Waals surface area (Å²) in [7, 11) is -3.62. The second-order valence-corrected chi connectivity index (χ2v) is 6.73. The van der Waals surface area contributed by atoms with Gasteiger partial charge >= 0.3 is 0 Å². The van der Waals surface area contributed by atoms with Crippen molar-refractivity contribution >= 4 is 10.0 Å². The quantitative estimate of drug-likeness (QED) is 0.693. The molecule has 0 amide bonds. The molecule has 2 aromatic rings. The van der Waals surface area contributed by atoms with Crippen molar-refractivity contribution in [1.29, 1.82) is 0 Å². The van der Waals surface area contributed by atoms with Gasteiger partial charge in [0, 0.05) is 24.3 Å². The molecule has 0 atom stereocenters. The van der Waals surface area contributed by atoms with Crippen LogP contribution < -0.4 is 10.0 Å². The number of H-pyrrole nitrogens is 1. The van der Waals surface area contributed by atoms with Crippen LogP contribution in [0.15, 0.2) is 35.6 Å². The minimum absolute atomic E-state index is 0.117. The normalized spacial score (nSPS) is 15.2. The van der Waals surface area contributed by atoms with Crippen LogP contribution in [-0.4, -0.2) is 29.6 Å². The molecule has 0 bridgehead atoms. The molecule has 0 radical (unpaired) electrons. The standard InChI is InChI=1S/C13H17N5O2S/c19-21(20,17-9-12-3-1-2-6-14-12)13-10(8-16-18-13)7-15-11-4-5-11/h1-3,6,8,11,15,17H,4-5,7,9H2,(H,16,18). The average Bonchev–Trinajstić information content (AvgIpc) is 3.20. The Hall–Kier alpha value is -1.77. The number of rotatable bonds is 7. The number of nitrogens with zero attached hydrogens (tertiary/aromatic N) is 2. The lowest BCUT2D eigenvalue weighted by atomic mass is 10.3. The summed E-state index contributed by atoms with van der Waals surface area (Å²) >= 11 is 0. The first-order chi connectivity index (χ1) is 10.1. The molecule has 3 rings (SSSR count). The second kappa shape index (κ2) is 5.92. The third-order valence-electron chi connectivity index (χ3n) is 3.27. The third kappa shape index (κ3) is 3.66. The molecule has 3 N–H and O–H groups in total. The number of aromatic amines is 1. The van der Waals surface area contributed by atoms with Crippen LogP contribution in [0.2, 0.25) is 0 Å². The maximum absolute atomic E-state index is 12.3. The van der Waals surface area contributed by atoms with Crippen LogP contribution in [0.4, 0.5) is 0 Å². The maximum atomic E-state index is 12.3. The Kier molecular flexibility index (Phi) is 4.00. The summed E-state index contributed by atoms with van der Waals surface area (Å²) in [4.78, 5) is 4.09. The van der Waals surface area contributed by atoms with Crippen molar-refractivity contribution in [3.63, 3.8) is 0 Å². The van der Waals surface area contributed by atoms with Crippen molar-refractivity contribution in [3.8, 4) is 0 Å². The lowest BCUT2D eigenvalue weighted by Gasteiger charge is -2.07. The van der Waals surface area contributed by atoms with Crippen molar-refractivity contribution in [3.05, 3.63) is 41.9 Å². The first-order valence-electron chi connectivity index (χ1n) is 6.80. The third-order valence-corrected chi connectivity index (χ3v) is 4.69. The molecule has 0 saturated heterocycles. The Morgan fingerprint density at radius 2 is 2.14 bits per heavy atom. The lowest BCUT2D eigenvalue weighted by molar-refractivity contribution is 0.572. The number of nitrogens with one attached hydrogen (secondary N) is 3. The highest BCUT2D eigenvalue weighted by molar-refractivity contribution is 7.89. The van der Waals surface area contributed by atoms with Crippen molar-refractivity contribution in [2.75, 3.05) is 0 Å². The van der Waals surface area contributed by atoms with Gasteiger partial charge in [0.15, 0.2) is 5.03 Å². The molecular weight excluding hydrogens is 290 g/mol. The highest BCUT2D eigenvalue weighted by Gasteiger charge is 2.24. The lowest BCUT2D eigenvalue weighted by Crippen LogP contribution is -2.26. The van der Waals surface area contributed by atoms with Crippen LogP contribution in [-0.2, 0) is 23.1 Å². The first kappa shape index (κ1) is 14.2. The molecule has 1 aliphatic carbocycles. The van der Waals surface area contributed by atoms with Gasteiger partial charge in [-0.3, -0.25) is 10.1 Å². The summed E-state index contributed by atoms with van der Waals surface area (Å²) < 4.78 is 27.2. The molecule has 1 fully saturated rings. The zero-order chi connectivity index (χ0) is 14.7. The van der Waals surface area contributed by atoms with Gasteiger partial charge < -0.3 is 5.32 Å². The van der Waals surface area contributed by atoms with E-state index in [-0.39, 0.29) is 11.6 Å². The van der Waals surface area contributed by atoms with Crippen LogP contribution in [0.3, 0.4) is 0 Å². The van der Waals surface area contributed by atoms with E-state index in [0.717, 1.165) is 12.8 Å². The Morgan fingerprint density at radius 3 is 2.86 bits per heavy atom. The number of pyridine rings is 1. The molecule has 0 unspecified atom stereocenters. The van der Waals surface area contributed by atoms with Crippen LogP contribution in [0.5, 0.6) is 0 Å². The summed E-state index contributed by atoms with van der Waals surface area (Å²) in [6.45, 7) is 0.651. The molecule has 1 saturated carbocycles. The van der Waals surface area contributed by atoms with Gasteiger partial charge in [0.2, 0.25) is 0 Å². The number of sulfonamides is 1. The zero-order valence-corrected chi connectivity index (χ0v) is 12.2. The van der Waals surface area contributed by atoms with Crippen molar-refractivity contribution < 1.29 is 8.42 Å². The number of hydrogen-bond donors (Lipinski definition) is 3. The molecular formula is C13H17N5O2S. The van der Waals surface area contributed by atoms with E-state index in [2.05, 4.69) is 25.2 Å². The fraction of sp³-hybridized carbons (Fsp3) is 0.385. The SMILES string of the molecule is O=S(=O)(NCc1ccccn1)c1[nH]ncc1CNC1CC1. The van der Waals surface area contributed by atoms with Crippen LogP contribution in [0.25, 0.3) is 0 Å². The zero-order valence-electron chi connectivity index (χ0n) is 11.4. The van der Waals surface area contributed by atoms with E-state index in [1.807, 2.05) is 6.07 Å². The predicted molar refractivity (Wildman–Crippen MR) is 76.7 cm³/mol. The number of aromatic nitrogens is 3. The van der Waals surface area contributed by atoms with Gasteiger partial charge in [0.25, 0.3) is 10.0 Å². The van der Waals surface area contributed by atoms with E-state index < -0.39 is 10.0 Å². The van der Waals surface area contributed by atoms with Gasteiger partial charge in [-0.25, -0.2) is 13.1 Å². The molecule has 2 heterocycles. The molecule has 21 heavy (non-hydrogen) atoms. The molecule has 7 nitrogen and oxygen atoms in total. The smallest absolute Gasteiger partial charge is 0.258 e. The summed E-state index contributed by atoms with van der Waals surface area (Å²) in [6.07, 6.45) is 5.48. The fourth-order valence-corrected chi connectivity index (χ4v) is 3.07. The van der Waals surface area contributed by atoms with E-state index in [4.69, 9.17) is 0 Å². The number of hydrogen-bond acceptors (Lipinski definition) is 5. The van der Waals surface area contributed by atoms with E-state index >= 15 is 0 Å². The van der Waals surface area contributed by atoms with Gasteiger partial charge in [-0.15, -0.1) is 0 Å². The molecule has 8 heteroatoms. The molecule has 0 aromatic carbocycles. The van der Waals surface area contributed by atoms with Gasteiger partial charge in [0.05, 0.1) is 18.4 Å². The Balaban J connectivity index is 1.67. The van der Waals surface area contributed by atoms with E-state index in [1.165, 1.54) is 0 Å². The molecule has 0 aliphatic heterocycles. The van der Waals surface area contributed by atoms with E-state index in [9.17, 15) is 8.42 Å². The minimum atomic E-state index is -3.62. The Labute approximate surface area is 123 Å². The molecule has 0 spiro atoms. The largest absolute Gasteiger partial charge is 0.310 e. The van der Waals surface area contributed by atoms with Crippen LogP contribution in [0.1, 0.15) is 24.1 Å². The van der Waals surface area contributed by atoms with Crippen molar-refractivity contribution in [2.45, 2.75) is 37.0 Å². The van der Waals surface area contributed by atoms with Gasteiger partial charge in [-0.1, -0.05) is 6.07 Å². The average molecular weight is 307 g/mol. The summed E-state index contributed by atoms with van der Waals surface area (Å²) in [5.74, 6) is 0. The highest BCUT2D eigenvalue weighted by Crippen LogP contribution is 2.20. The molecule has 1 aliphatic rings. The summed E-state index contributed by atoms with van der Waals surface area (Å²) in [5.41, 5.74) is 1.31. The van der Waals surface area contributed by atoms with Crippen molar-refractivity contribution in [1.82, 2.24) is 25.2 Å². The molecule has 2 aromatic heterocycles. The topological polar surface area (TPSA) is 99.8 Å². The predicted octanol–water partition coefficient (Wildman–Crippen LogP) is 0.535. The second-order valence-electron chi connectivity index (χ2n) is 5.03. The summed E-state index contributed by atoms with van der Waals surface area (Å²) in [6, 6.07) is 5.88. The van der Waals surface area contributed by atoms with Crippen LogP contribution >= 0.6 is 0 Å². The van der Waals surface area contributed by atoms with Gasteiger partial charge in [-0.2, -0.15) is 5.10 Å². The first-order valence-corrected chi connectivity index (χ1v) is 8.29. The van der Waals surface area contributed by atoms with Gasteiger partial charge in [-0.05, 0) is 25.0 Å². The summed E-state index contributed by atoms with van der Waals surface area (Å²) in [5, 5.41) is 9.81. The Morgan fingerprint density at radius 1 is 1.29 bits per heavy atom. The van der Waals surface area contributed by atoms with E-state index in [0.29, 0.717) is 23.8 Å². The minimum Gasteiger partial charge on any atom is -0.310 e. The molecule has 112 valence electrons. The Bertz CT molecular complexity index is 694. The van der Waals surface area contributed by atoms with Crippen molar-refractivity contribution in [2.24, 2.45) is 0 Å². The van der Waals surface area contributed by atoms with Gasteiger partial charge in [0.1, 0.15) is 0 Å². The van der Waals surface area contributed by atoms with E-state index in [1.54, 1.807) is 24.5 Å². The highest BCUT2D eigenvalue weighted by atomic mass is 32.2. The monoisotopic (exact) mass is 307 g/mol.